The van der Waals surface area contributed by atoms with Crippen LogP contribution in [0.2, 0.25) is 0 Å². The van der Waals surface area contributed by atoms with Gasteiger partial charge in [0.15, 0.2) is 11.5 Å². The van der Waals surface area contributed by atoms with E-state index in [-0.39, 0.29) is 11.9 Å². The van der Waals surface area contributed by atoms with Gasteiger partial charge in [-0.15, -0.1) is 11.3 Å². The highest BCUT2D eigenvalue weighted by atomic mass is 32.1. The van der Waals surface area contributed by atoms with Crippen molar-refractivity contribution in [2.45, 2.75) is 69.9 Å². The van der Waals surface area contributed by atoms with E-state index < -0.39 is 0 Å². The minimum atomic E-state index is 0.169. The summed E-state index contributed by atoms with van der Waals surface area (Å²) in [5, 5.41) is 11.7. The molecule has 1 saturated carbocycles. The molecule has 1 aromatic heterocycles. The molecule has 3 fully saturated rings. The van der Waals surface area contributed by atoms with Gasteiger partial charge in [-0.25, -0.2) is 0 Å². The standard InChI is InChI=1S/C38H46N2O4S/c1-42-36-25-31-32(24-27-10-14-30(15-11-27)44-35-9-3-2-8-33(35)40-20-6-7-21-40)38(45-37(31)26-34(36)41)28-12-16-29(17-13-28)43-23-22-39-18-4-5-19-39/h10-17,25-26,33,35,41H,2-9,18-24H2,1H3/t33?,35-/m0/s1. The molecule has 3 aliphatic rings. The fourth-order valence-electron chi connectivity index (χ4n) is 7.51. The maximum Gasteiger partial charge on any atom is 0.161 e. The van der Waals surface area contributed by atoms with Crippen molar-refractivity contribution < 1.29 is 19.3 Å². The number of nitrogens with zero attached hydrogens (tertiary/aromatic N) is 2. The molecule has 0 bridgehead atoms. The maximum atomic E-state index is 10.6. The van der Waals surface area contributed by atoms with Crippen LogP contribution in [0.5, 0.6) is 23.0 Å². The summed E-state index contributed by atoms with van der Waals surface area (Å²) in [4.78, 5) is 6.35. The molecule has 3 heterocycles. The fourth-order valence-corrected chi connectivity index (χ4v) is 8.75. The molecule has 238 valence electrons. The summed E-state index contributed by atoms with van der Waals surface area (Å²) in [6.07, 6.45) is 11.3. The number of methoxy groups -OCH3 is 1. The number of phenols is 1. The zero-order chi connectivity index (χ0) is 30.6. The van der Waals surface area contributed by atoms with Crippen molar-refractivity contribution in [3.05, 3.63) is 71.8 Å². The van der Waals surface area contributed by atoms with Gasteiger partial charge in [-0.05, 0) is 137 Å². The van der Waals surface area contributed by atoms with Gasteiger partial charge in [-0.1, -0.05) is 18.6 Å². The summed E-state index contributed by atoms with van der Waals surface area (Å²) in [6.45, 7) is 6.51. The Bertz CT molecular complexity index is 1560. The minimum Gasteiger partial charge on any atom is -0.504 e. The summed E-state index contributed by atoms with van der Waals surface area (Å²) >= 11 is 1.72. The molecule has 45 heavy (non-hydrogen) atoms. The Morgan fingerprint density at radius 1 is 0.822 bits per heavy atom. The lowest BCUT2D eigenvalue weighted by atomic mass is 9.91. The van der Waals surface area contributed by atoms with Crippen LogP contribution in [0.4, 0.5) is 0 Å². The highest BCUT2D eigenvalue weighted by Crippen LogP contribution is 2.44. The second-order valence-corrected chi connectivity index (χ2v) is 14.0. The highest BCUT2D eigenvalue weighted by molar-refractivity contribution is 7.22. The van der Waals surface area contributed by atoms with Crippen LogP contribution in [-0.4, -0.2) is 73.5 Å². The molecule has 7 rings (SSSR count). The van der Waals surface area contributed by atoms with Crippen LogP contribution in [0.3, 0.4) is 0 Å². The maximum absolute atomic E-state index is 10.6. The van der Waals surface area contributed by atoms with E-state index in [0.29, 0.717) is 18.4 Å². The highest BCUT2D eigenvalue weighted by Gasteiger charge is 2.33. The number of phenolic OH excluding ortho intramolecular Hbond substituents is 1. The molecule has 1 aliphatic carbocycles. The van der Waals surface area contributed by atoms with Gasteiger partial charge in [0.25, 0.3) is 0 Å². The molecule has 2 aliphatic heterocycles. The summed E-state index contributed by atoms with van der Waals surface area (Å²) in [6, 6.07) is 21.6. The zero-order valence-corrected chi connectivity index (χ0v) is 27.3. The number of thiophene rings is 1. The first-order chi connectivity index (χ1) is 22.1. The van der Waals surface area contributed by atoms with Crippen LogP contribution >= 0.6 is 11.3 Å². The molecule has 7 heteroatoms. The smallest absolute Gasteiger partial charge is 0.161 e. The molecule has 2 saturated heterocycles. The molecule has 1 unspecified atom stereocenters. The summed E-state index contributed by atoms with van der Waals surface area (Å²) in [5.74, 6) is 2.54. The molecular weight excluding hydrogens is 580 g/mol. The van der Waals surface area contributed by atoms with E-state index in [0.717, 1.165) is 46.5 Å². The van der Waals surface area contributed by atoms with Gasteiger partial charge in [0.2, 0.25) is 0 Å². The van der Waals surface area contributed by atoms with Gasteiger partial charge in [0.05, 0.1) is 7.11 Å². The zero-order valence-electron chi connectivity index (χ0n) is 26.5. The first-order valence-corrected chi connectivity index (χ1v) is 17.7. The Kier molecular flexibility index (Phi) is 9.47. The van der Waals surface area contributed by atoms with Gasteiger partial charge in [-0.3, -0.25) is 9.80 Å². The van der Waals surface area contributed by atoms with E-state index in [1.807, 2.05) is 12.1 Å². The number of aromatic hydroxyl groups is 1. The van der Waals surface area contributed by atoms with Crippen molar-refractivity contribution in [3.63, 3.8) is 0 Å². The average Bonchev–Trinajstić information content (AvgIpc) is 3.85. The van der Waals surface area contributed by atoms with Crippen LogP contribution in [-0.2, 0) is 6.42 Å². The average molecular weight is 627 g/mol. The normalized spacial score (nSPS) is 21.0. The van der Waals surface area contributed by atoms with Crippen molar-refractivity contribution in [2.75, 3.05) is 46.4 Å². The van der Waals surface area contributed by atoms with E-state index in [2.05, 4.69) is 58.3 Å². The topological polar surface area (TPSA) is 54.4 Å². The quantitative estimate of drug-likeness (QED) is 0.181. The van der Waals surface area contributed by atoms with E-state index in [4.69, 9.17) is 14.2 Å². The van der Waals surface area contributed by atoms with Crippen LogP contribution in [0.1, 0.15) is 62.5 Å². The van der Waals surface area contributed by atoms with E-state index in [9.17, 15) is 5.11 Å². The number of likely N-dealkylation sites (tertiary alicyclic amines) is 2. The predicted octanol–water partition coefficient (Wildman–Crippen LogP) is 8.13. The van der Waals surface area contributed by atoms with E-state index in [1.54, 1.807) is 18.4 Å². The Morgan fingerprint density at radius 3 is 2.29 bits per heavy atom. The van der Waals surface area contributed by atoms with Gasteiger partial charge in [0, 0.05) is 33.6 Å². The van der Waals surface area contributed by atoms with Crippen molar-refractivity contribution in [2.24, 2.45) is 0 Å². The van der Waals surface area contributed by atoms with Crippen molar-refractivity contribution in [1.29, 1.82) is 0 Å². The summed E-state index contributed by atoms with van der Waals surface area (Å²) < 4.78 is 19.3. The van der Waals surface area contributed by atoms with E-state index in [1.165, 1.54) is 87.1 Å². The number of ether oxygens (including phenoxy) is 3. The Morgan fingerprint density at radius 2 is 1.53 bits per heavy atom. The van der Waals surface area contributed by atoms with Crippen LogP contribution in [0.15, 0.2) is 60.7 Å². The fraction of sp³-hybridized carbons (Fsp3) is 0.474. The van der Waals surface area contributed by atoms with E-state index >= 15 is 0 Å². The lowest BCUT2D eigenvalue weighted by molar-refractivity contribution is 0.0485. The summed E-state index contributed by atoms with van der Waals surface area (Å²) in [7, 11) is 1.61. The third-order valence-electron chi connectivity index (χ3n) is 9.95. The van der Waals surface area contributed by atoms with Gasteiger partial charge < -0.3 is 19.3 Å². The largest absolute Gasteiger partial charge is 0.504 e. The number of hydrogen-bond acceptors (Lipinski definition) is 7. The number of benzene rings is 3. The monoisotopic (exact) mass is 626 g/mol. The lowest BCUT2D eigenvalue weighted by Crippen LogP contribution is -2.46. The lowest BCUT2D eigenvalue weighted by Gasteiger charge is -2.37. The summed E-state index contributed by atoms with van der Waals surface area (Å²) in [5.41, 5.74) is 3.63. The molecule has 0 spiro atoms. The number of hydrogen-bond donors (Lipinski definition) is 1. The SMILES string of the molecule is COc1cc2c(Cc3ccc(O[C@H]4CCCCC4N4CCCC4)cc3)c(-c3ccc(OCCN4CCCC4)cc3)sc2cc1O. The van der Waals surface area contributed by atoms with Gasteiger partial charge in [0.1, 0.15) is 24.2 Å². The predicted molar refractivity (Wildman–Crippen MR) is 183 cm³/mol. The molecule has 4 aromatic rings. The van der Waals surface area contributed by atoms with Crippen LogP contribution in [0.25, 0.3) is 20.5 Å². The Labute approximate surface area is 271 Å². The molecule has 0 amide bonds. The minimum absolute atomic E-state index is 0.169. The number of rotatable bonds is 11. The van der Waals surface area contributed by atoms with Crippen molar-refractivity contribution in [3.8, 4) is 33.4 Å². The third kappa shape index (κ3) is 6.96. The van der Waals surface area contributed by atoms with Gasteiger partial charge in [-0.2, -0.15) is 0 Å². The Hall–Kier alpha value is -3.26. The molecule has 6 nitrogen and oxygen atoms in total. The molecule has 3 aromatic carbocycles. The molecule has 1 N–H and O–H groups in total. The molecule has 2 atom stereocenters. The first-order valence-electron chi connectivity index (χ1n) is 16.9. The second kappa shape index (κ2) is 14.0. The van der Waals surface area contributed by atoms with Crippen LogP contribution in [0, 0.1) is 0 Å². The third-order valence-corrected chi connectivity index (χ3v) is 11.2. The van der Waals surface area contributed by atoms with Gasteiger partial charge >= 0.3 is 0 Å². The molecular formula is C38H46N2O4S. The number of fused-ring (bicyclic) bond motifs is 1. The van der Waals surface area contributed by atoms with Crippen LogP contribution < -0.4 is 14.2 Å². The Balaban J connectivity index is 1.10. The molecule has 0 radical (unpaired) electrons. The first kappa shape index (κ1) is 30.4. The van der Waals surface area contributed by atoms with Crippen molar-refractivity contribution in [1.82, 2.24) is 9.80 Å². The van der Waals surface area contributed by atoms with Crippen molar-refractivity contribution >= 4 is 21.4 Å². The second-order valence-electron chi connectivity index (χ2n) is 12.9.